The summed E-state index contributed by atoms with van der Waals surface area (Å²) in [5.74, 6) is 1.68. The fourth-order valence-electron chi connectivity index (χ4n) is 1.96. The standard InChI is InChI=1S/C10H19NO/c11-10(4-3-8-1-2-8)9-5-6-12-7-9/h8-10H,1-7,11H2. The van der Waals surface area contributed by atoms with Gasteiger partial charge in [-0.25, -0.2) is 0 Å². The van der Waals surface area contributed by atoms with Crippen molar-refractivity contribution in [2.24, 2.45) is 17.6 Å². The number of ether oxygens (including phenoxy) is 1. The summed E-state index contributed by atoms with van der Waals surface area (Å²) >= 11 is 0. The van der Waals surface area contributed by atoms with Crippen molar-refractivity contribution in [1.29, 1.82) is 0 Å². The minimum absolute atomic E-state index is 0.410. The van der Waals surface area contributed by atoms with Gasteiger partial charge in [0, 0.05) is 12.6 Å². The van der Waals surface area contributed by atoms with E-state index >= 15 is 0 Å². The summed E-state index contributed by atoms with van der Waals surface area (Å²) < 4.78 is 5.32. The molecule has 0 aromatic rings. The maximum atomic E-state index is 6.08. The van der Waals surface area contributed by atoms with Crippen molar-refractivity contribution in [3.05, 3.63) is 0 Å². The van der Waals surface area contributed by atoms with Crippen molar-refractivity contribution in [1.82, 2.24) is 0 Å². The molecule has 1 aliphatic heterocycles. The molecule has 0 radical (unpaired) electrons. The Morgan fingerprint density at radius 2 is 2.17 bits per heavy atom. The van der Waals surface area contributed by atoms with Crippen LogP contribution in [-0.2, 0) is 4.74 Å². The fraction of sp³-hybridized carbons (Fsp3) is 1.00. The molecule has 70 valence electrons. The Labute approximate surface area is 74.5 Å². The molecule has 2 heteroatoms. The summed E-state index contributed by atoms with van der Waals surface area (Å²) in [6.07, 6.45) is 6.67. The first-order valence-electron chi connectivity index (χ1n) is 5.19. The van der Waals surface area contributed by atoms with Gasteiger partial charge in [0.05, 0.1) is 6.61 Å². The third kappa shape index (κ3) is 2.20. The van der Waals surface area contributed by atoms with Crippen LogP contribution in [0.1, 0.15) is 32.1 Å². The molecule has 0 aromatic heterocycles. The summed E-state index contributed by atoms with van der Waals surface area (Å²) in [7, 11) is 0. The van der Waals surface area contributed by atoms with Gasteiger partial charge in [0.1, 0.15) is 0 Å². The van der Waals surface area contributed by atoms with Gasteiger partial charge < -0.3 is 10.5 Å². The van der Waals surface area contributed by atoms with Gasteiger partial charge in [0.2, 0.25) is 0 Å². The highest BCUT2D eigenvalue weighted by Gasteiger charge is 2.26. The van der Waals surface area contributed by atoms with Crippen LogP contribution in [0.15, 0.2) is 0 Å². The highest BCUT2D eigenvalue weighted by molar-refractivity contribution is 4.80. The first-order chi connectivity index (χ1) is 5.86. The lowest BCUT2D eigenvalue weighted by molar-refractivity contribution is 0.179. The van der Waals surface area contributed by atoms with E-state index in [9.17, 15) is 0 Å². The molecule has 0 amide bonds. The Hall–Kier alpha value is -0.0800. The van der Waals surface area contributed by atoms with Crippen LogP contribution in [0.2, 0.25) is 0 Å². The molecule has 1 saturated heterocycles. The molecule has 0 aromatic carbocycles. The van der Waals surface area contributed by atoms with Crippen LogP contribution < -0.4 is 5.73 Å². The first-order valence-corrected chi connectivity index (χ1v) is 5.19. The molecule has 0 spiro atoms. The summed E-state index contributed by atoms with van der Waals surface area (Å²) in [5, 5.41) is 0. The molecule has 2 fully saturated rings. The second kappa shape index (κ2) is 3.75. The van der Waals surface area contributed by atoms with E-state index in [0.29, 0.717) is 12.0 Å². The Bertz CT molecular complexity index is 139. The molecule has 2 N–H and O–H groups in total. The van der Waals surface area contributed by atoms with Crippen LogP contribution in [0.5, 0.6) is 0 Å². The minimum Gasteiger partial charge on any atom is -0.381 e. The van der Waals surface area contributed by atoms with Crippen molar-refractivity contribution in [3.63, 3.8) is 0 Å². The molecule has 2 nitrogen and oxygen atoms in total. The second-order valence-electron chi connectivity index (χ2n) is 4.31. The van der Waals surface area contributed by atoms with Gasteiger partial charge in [-0.3, -0.25) is 0 Å². The summed E-state index contributed by atoms with van der Waals surface area (Å²) in [5.41, 5.74) is 6.08. The van der Waals surface area contributed by atoms with E-state index < -0.39 is 0 Å². The topological polar surface area (TPSA) is 35.2 Å². The quantitative estimate of drug-likeness (QED) is 0.693. The van der Waals surface area contributed by atoms with E-state index in [0.717, 1.165) is 19.1 Å². The van der Waals surface area contributed by atoms with E-state index in [1.54, 1.807) is 0 Å². The van der Waals surface area contributed by atoms with E-state index in [-0.39, 0.29) is 0 Å². The van der Waals surface area contributed by atoms with Crippen molar-refractivity contribution in [3.8, 4) is 0 Å². The number of nitrogens with two attached hydrogens (primary N) is 1. The summed E-state index contributed by atoms with van der Waals surface area (Å²) in [6.45, 7) is 1.84. The lowest BCUT2D eigenvalue weighted by Crippen LogP contribution is -2.30. The average molecular weight is 169 g/mol. The fourth-order valence-corrected chi connectivity index (χ4v) is 1.96. The van der Waals surface area contributed by atoms with Crippen LogP contribution in [0, 0.1) is 11.8 Å². The molecule has 1 heterocycles. The first kappa shape index (κ1) is 8.52. The predicted octanol–water partition coefficient (Wildman–Crippen LogP) is 1.54. The number of hydrogen-bond donors (Lipinski definition) is 1. The van der Waals surface area contributed by atoms with Crippen LogP contribution >= 0.6 is 0 Å². The number of hydrogen-bond acceptors (Lipinski definition) is 2. The lowest BCUT2D eigenvalue weighted by atomic mass is 9.95. The van der Waals surface area contributed by atoms with E-state index in [1.807, 2.05) is 0 Å². The van der Waals surface area contributed by atoms with Crippen molar-refractivity contribution in [2.75, 3.05) is 13.2 Å². The Morgan fingerprint density at radius 3 is 2.75 bits per heavy atom. The van der Waals surface area contributed by atoms with Crippen molar-refractivity contribution >= 4 is 0 Å². The smallest absolute Gasteiger partial charge is 0.0509 e. The van der Waals surface area contributed by atoms with E-state index in [2.05, 4.69) is 0 Å². The Balaban J connectivity index is 1.64. The third-order valence-electron chi connectivity index (χ3n) is 3.18. The van der Waals surface area contributed by atoms with Gasteiger partial charge in [-0.1, -0.05) is 12.8 Å². The van der Waals surface area contributed by atoms with Crippen molar-refractivity contribution < 1.29 is 4.74 Å². The molecular weight excluding hydrogens is 150 g/mol. The van der Waals surface area contributed by atoms with E-state index in [4.69, 9.17) is 10.5 Å². The van der Waals surface area contributed by atoms with Crippen LogP contribution in [0.4, 0.5) is 0 Å². The molecule has 2 atom stereocenters. The number of rotatable bonds is 4. The summed E-state index contributed by atoms with van der Waals surface area (Å²) in [6, 6.07) is 0.410. The maximum Gasteiger partial charge on any atom is 0.0509 e. The third-order valence-corrected chi connectivity index (χ3v) is 3.18. The molecule has 2 rings (SSSR count). The zero-order chi connectivity index (χ0) is 8.39. The largest absolute Gasteiger partial charge is 0.381 e. The molecule has 2 aliphatic rings. The highest BCUT2D eigenvalue weighted by atomic mass is 16.5. The van der Waals surface area contributed by atoms with Gasteiger partial charge in [0.25, 0.3) is 0 Å². The normalized spacial score (nSPS) is 32.2. The van der Waals surface area contributed by atoms with Crippen LogP contribution in [-0.4, -0.2) is 19.3 Å². The van der Waals surface area contributed by atoms with Gasteiger partial charge in [-0.05, 0) is 31.1 Å². The van der Waals surface area contributed by atoms with E-state index in [1.165, 1.54) is 32.1 Å². The zero-order valence-electron chi connectivity index (χ0n) is 7.67. The second-order valence-corrected chi connectivity index (χ2v) is 4.31. The van der Waals surface area contributed by atoms with Gasteiger partial charge in [-0.2, -0.15) is 0 Å². The molecular formula is C10H19NO. The zero-order valence-corrected chi connectivity index (χ0v) is 7.67. The Morgan fingerprint density at radius 1 is 1.33 bits per heavy atom. The molecule has 1 saturated carbocycles. The minimum atomic E-state index is 0.410. The molecule has 1 aliphatic carbocycles. The predicted molar refractivity (Wildman–Crippen MR) is 48.9 cm³/mol. The van der Waals surface area contributed by atoms with Crippen molar-refractivity contribution in [2.45, 2.75) is 38.1 Å². The molecule has 0 bridgehead atoms. The average Bonchev–Trinajstić information content (AvgIpc) is 2.74. The summed E-state index contributed by atoms with van der Waals surface area (Å²) in [4.78, 5) is 0. The Kier molecular flexibility index (Phi) is 2.66. The molecule has 12 heavy (non-hydrogen) atoms. The maximum absolute atomic E-state index is 6.08. The van der Waals surface area contributed by atoms with Gasteiger partial charge >= 0.3 is 0 Å². The molecule has 2 unspecified atom stereocenters. The lowest BCUT2D eigenvalue weighted by Gasteiger charge is -2.16. The van der Waals surface area contributed by atoms with Gasteiger partial charge in [0.15, 0.2) is 0 Å². The SMILES string of the molecule is NC(CCC1CC1)C1CCOC1. The van der Waals surface area contributed by atoms with Crippen LogP contribution in [0.3, 0.4) is 0 Å². The monoisotopic (exact) mass is 169 g/mol. The van der Waals surface area contributed by atoms with Crippen LogP contribution in [0.25, 0.3) is 0 Å². The van der Waals surface area contributed by atoms with Gasteiger partial charge in [-0.15, -0.1) is 0 Å². The highest BCUT2D eigenvalue weighted by Crippen LogP contribution is 2.34.